The molecule has 1 aliphatic heterocycles. The van der Waals surface area contributed by atoms with Gasteiger partial charge in [0.25, 0.3) is 0 Å². The van der Waals surface area contributed by atoms with Crippen molar-refractivity contribution in [2.75, 3.05) is 26.7 Å². The summed E-state index contributed by atoms with van der Waals surface area (Å²) in [6.45, 7) is 3.24. The monoisotopic (exact) mass is 338 g/mol. The molecule has 3 heteroatoms. The van der Waals surface area contributed by atoms with E-state index in [-0.39, 0.29) is 11.7 Å². The van der Waals surface area contributed by atoms with Crippen LogP contribution in [-0.2, 0) is 0 Å². The van der Waals surface area contributed by atoms with Crippen molar-refractivity contribution >= 4 is 5.78 Å². The lowest BCUT2D eigenvalue weighted by Crippen LogP contribution is -3.12. The van der Waals surface area contributed by atoms with Crippen LogP contribution in [0.5, 0.6) is 5.75 Å². The number of nitrogens with one attached hydrogen (secondary N) is 1. The van der Waals surface area contributed by atoms with Gasteiger partial charge in [-0.15, -0.1) is 0 Å². The van der Waals surface area contributed by atoms with E-state index in [1.165, 1.54) is 38.8 Å². The highest BCUT2D eigenvalue weighted by Crippen LogP contribution is 2.22. The van der Waals surface area contributed by atoms with Crippen LogP contribution in [0.15, 0.2) is 54.6 Å². The third-order valence-electron chi connectivity index (χ3n) is 5.20. The number of Topliss-reactive ketones (excluding diaryl/α,β-unsaturated/α-hetero) is 1. The Morgan fingerprint density at radius 3 is 2.20 bits per heavy atom. The summed E-state index contributed by atoms with van der Waals surface area (Å²) in [6, 6.07) is 17.7. The summed E-state index contributed by atoms with van der Waals surface area (Å²) in [7, 11) is 1.65. The molecule has 132 valence electrons. The van der Waals surface area contributed by atoms with E-state index in [0.29, 0.717) is 0 Å². The normalized spacial score (nSPS) is 16.8. The maximum absolute atomic E-state index is 13.3. The topological polar surface area (TPSA) is 30.7 Å². The Balaban J connectivity index is 1.83. The molecule has 0 saturated carbocycles. The lowest BCUT2D eigenvalue weighted by atomic mass is 9.90. The Labute approximate surface area is 150 Å². The van der Waals surface area contributed by atoms with Crippen LogP contribution >= 0.6 is 0 Å². The number of carbonyl (C=O) groups excluding carboxylic acids is 1. The highest BCUT2D eigenvalue weighted by Gasteiger charge is 2.27. The van der Waals surface area contributed by atoms with E-state index in [0.717, 1.165) is 23.4 Å². The molecule has 0 unspecified atom stereocenters. The van der Waals surface area contributed by atoms with Crippen LogP contribution in [0, 0.1) is 0 Å². The minimum atomic E-state index is -0.0808. The number of benzene rings is 2. The highest BCUT2D eigenvalue weighted by atomic mass is 16.5. The molecule has 3 nitrogen and oxygen atoms in total. The van der Waals surface area contributed by atoms with Crippen molar-refractivity contribution in [3.05, 3.63) is 65.7 Å². The van der Waals surface area contributed by atoms with Crippen LogP contribution in [0.3, 0.4) is 0 Å². The van der Waals surface area contributed by atoms with Gasteiger partial charge in [0.2, 0.25) is 0 Å². The van der Waals surface area contributed by atoms with Gasteiger partial charge in [-0.1, -0.05) is 30.3 Å². The molecule has 1 N–H and O–H groups in total. The first-order chi connectivity index (χ1) is 12.3. The first-order valence-electron chi connectivity index (χ1n) is 9.34. The fourth-order valence-corrected chi connectivity index (χ4v) is 3.73. The van der Waals surface area contributed by atoms with Crippen LogP contribution in [0.4, 0.5) is 0 Å². The van der Waals surface area contributed by atoms with Gasteiger partial charge in [-0.2, -0.15) is 0 Å². The zero-order chi connectivity index (χ0) is 17.5. The van der Waals surface area contributed by atoms with Crippen molar-refractivity contribution in [2.24, 2.45) is 0 Å². The van der Waals surface area contributed by atoms with Crippen LogP contribution in [-0.4, -0.2) is 32.5 Å². The first-order valence-corrected chi connectivity index (χ1v) is 9.34. The molecule has 1 atom stereocenters. The van der Waals surface area contributed by atoms with Gasteiger partial charge in [0, 0.05) is 5.56 Å². The third kappa shape index (κ3) is 4.70. The van der Waals surface area contributed by atoms with Gasteiger partial charge in [0.05, 0.1) is 32.7 Å². The smallest absolute Gasteiger partial charge is 0.175 e. The first kappa shape index (κ1) is 17.7. The van der Waals surface area contributed by atoms with E-state index < -0.39 is 0 Å². The Hall–Kier alpha value is -2.13. The van der Waals surface area contributed by atoms with E-state index in [2.05, 4.69) is 12.1 Å². The quantitative estimate of drug-likeness (QED) is 0.821. The third-order valence-corrected chi connectivity index (χ3v) is 5.20. The molecule has 0 aliphatic carbocycles. The van der Waals surface area contributed by atoms with Crippen LogP contribution in [0.25, 0.3) is 0 Å². The molecule has 1 aliphatic rings. The number of ketones is 1. The second kappa shape index (κ2) is 8.82. The molecular formula is C22H28NO2+. The van der Waals surface area contributed by atoms with Crippen molar-refractivity contribution in [1.29, 1.82) is 0 Å². The van der Waals surface area contributed by atoms with E-state index >= 15 is 0 Å². The summed E-state index contributed by atoms with van der Waals surface area (Å²) in [4.78, 5) is 14.8. The van der Waals surface area contributed by atoms with Gasteiger partial charge < -0.3 is 9.64 Å². The molecule has 0 radical (unpaired) electrons. The minimum absolute atomic E-state index is 0.0808. The molecule has 0 spiro atoms. The minimum Gasteiger partial charge on any atom is -0.497 e. The number of hydrogen-bond donors (Lipinski definition) is 1. The zero-order valence-corrected chi connectivity index (χ0v) is 15.0. The molecular weight excluding hydrogens is 310 g/mol. The number of rotatable bonds is 6. The Morgan fingerprint density at radius 2 is 1.60 bits per heavy atom. The number of quaternary nitrogens is 1. The van der Waals surface area contributed by atoms with Gasteiger partial charge in [0.1, 0.15) is 5.75 Å². The Kier molecular flexibility index (Phi) is 6.24. The summed E-state index contributed by atoms with van der Waals surface area (Å²) in [5, 5.41) is 0. The predicted octanol–water partition coefficient (Wildman–Crippen LogP) is 3.12. The molecule has 2 aromatic rings. The predicted molar refractivity (Wildman–Crippen MR) is 101 cm³/mol. The lowest BCUT2D eigenvalue weighted by molar-refractivity contribution is -0.899. The SMILES string of the molecule is COc1ccc(C(=O)[C@@H](C[NH+]2CCCCCC2)c2ccccc2)cc1. The van der Waals surface area contributed by atoms with Crippen LogP contribution < -0.4 is 9.64 Å². The summed E-state index contributed by atoms with van der Waals surface area (Å²) in [5.41, 5.74) is 1.89. The molecule has 25 heavy (non-hydrogen) atoms. The number of methoxy groups -OCH3 is 1. The van der Waals surface area contributed by atoms with Crippen molar-refractivity contribution in [3.63, 3.8) is 0 Å². The fourth-order valence-electron chi connectivity index (χ4n) is 3.73. The molecule has 3 rings (SSSR count). The van der Waals surface area contributed by atoms with Crippen molar-refractivity contribution in [2.45, 2.75) is 31.6 Å². The maximum Gasteiger partial charge on any atom is 0.175 e. The van der Waals surface area contributed by atoms with E-state index in [1.54, 1.807) is 12.0 Å². The molecule has 1 fully saturated rings. The van der Waals surface area contributed by atoms with Gasteiger partial charge in [0.15, 0.2) is 5.78 Å². The summed E-state index contributed by atoms with van der Waals surface area (Å²) < 4.78 is 5.21. The summed E-state index contributed by atoms with van der Waals surface area (Å²) in [5.74, 6) is 0.916. The molecule has 0 bridgehead atoms. The maximum atomic E-state index is 13.3. The standard InChI is InChI=1S/C22H27NO2/c1-25-20-13-11-19(12-14-20)22(24)21(18-9-5-4-6-10-18)17-23-15-7-2-3-8-16-23/h4-6,9-14,21H,2-3,7-8,15-17H2,1H3/p+1/t21-/m0/s1. The fraction of sp³-hybridized carbons (Fsp3) is 0.409. The average molecular weight is 338 g/mol. The molecule has 1 saturated heterocycles. The summed E-state index contributed by atoms with van der Waals surface area (Å²) in [6.07, 6.45) is 5.19. The van der Waals surface area contributed by atoms with Crippen molar-refractivity contribution in [3.8, 4) is 5.75 Å². The average Bonchev–Trinajstić information content (AvgIpc) is 2.95. The molecule has 1 heterocycles. The van der Waals surface area contributed by atoms with Gasteiger partial charge in [-0.3, -0.25) is 4.79 Å². The molecule has 0 amide bonds. The van der Waals surface area contributed by atoms with Crippen molar-refractivity contribution < 1.29 is 14.4 Å². The van der Waals surface area contributed by atoms with E-state index in [4.69, 9.17) is 4.74 Å². The van der Waals surface area contributed by atoms with Crippen molar-refractivity contribution in [1.82, 2.24) is 0 Å². The largest absolute Gasteiger partial charge is 0.497 e. The number of carbonyl (C=O) groups is 1. The second-order valence-corrected chi connectivity index (χ2v) is 6.92. The highest BCUT2D eigenvalue weighted by molar-refractivity contribution is 6.01. The van der Waals surface area contributed by atoms with Gasteiger partial charge in [-0.05, 0) is 55.5 Å². The van der Waals surface area contributed by atoms with E-state index in [9.17, 15) is 4.79 Å². The Bertz CT molecular complexity index is 658. The molecule has 0 aromatic heterocycles. The van der Waals surface area contributed by atoms with Gasteiger partial charge >= 0.3 is 0 Å². The number of ether oxygens (including phenoxy) is 1. The van der Waals surface area contributed by atoms with E-state index in [1.807, 2.05) is 42.5 Å². The van der Waals surface area contributed by atoms with Crippen LogP contribution in [0.2, 0.25) is 0 Å². The van der Waals surface area contributed by atoms with Crippen LogP contribution in [0.1, 0.15) is 47.5 Å². The summed E-state index contributed by atoms with van der Waals surface area (Å²) >= 11 is 0. The number of hydrogen-bond acceptors (Lipinski definition) is 2. The second-order valence-electron chi connectivity index (χ2n) is 6.92. The zero-order valence-electron chi connectivity index (χ0n) is 15.0. The van der Waals surface area contributed by atoms with Gasteiger partial charge in [-0.25, -0.2) is 0 Å². The Morgan fingerprint density at radius 1 is 0.960 bits per heavy atom. The lowest BCUT2D eigenvalue weighted by Gasteiger charge is -2.23. The number of likely N-dealkylation sites (tertiary alicyclic amines) is 1. The molecule has 2 aromatic carbocycles.